The van der Waals surface area contributed by atoms with Crippen molar-refractivity contribution in [2.45, 2.75) is 69.3 Å². The van der Waals surface area contributed by atoms with Crippen molar-refractivity contribution in [1.29, 1.82) is 0 Å². The van der Waals surface area contributed by atoms with Crippen LogP contribution in [0.25, 0.3) is 0 Å². The second-order valence-electron chi connectivity index (χ2n) is 9.58. The molecule has 5 rings (SSSR count). The van der Waals surface area contributed by atoms with Gasteiger partial charge in [0.15, 0.2) is 23.7 Å². The minimum absolute atomic E-state index is 0.179. The predicted octanol–water partition coefficient (Wildman–Crippen LogP) is 2.05. The molecule has 0 amide bonds. The second-order valence-corrected chi connectivity index (χ2v) is 9.58. The Bertz CT molecular complexity index is 1020. The highest BCUT2D eigenvalue weighted by atomic mass is 16.7. The lowest BCUT2D eigenvalue weighted by Gasteiger charge is -2.39. The van der Waals surface area contributed by atoms with Crippen LogP contribution in [0.2, 0.25) is 0 Å². The molecule has 1 aliphatic carbocycles. The number of methoxy groups -OCH3 is 1. The summed E-state index contributed by atoms with van der Waals surface area (Å²) in [7, 11) is 1.56. The van der Waals surface area contributed by atoms with Crippen LogP contribution in [0.3, 0.4) is 0 Å². The molecule has 1 aromatic rings. The molecule has 1 fully saturated rings. The van der Waals surface area contributed by atoms with E-state index in [1.54, 1.807) is 21.0 Å². The topological polar surface area (TPSA) is 104 Å². The zero-order valence-electron chi connectivity index (χ0n) is 19.7. The maximum atomic E-state index is 12.9. The molecule has 34 heavy (non-hydrogen) atoms. The molecule has 4 aliphatic rings. The number of nitrogens with zero attached hydrogens (tertiary/aromatic N) is 1. The SMILES string of the molecule is COC1=CC23CCCN2CCc2cc4c(cc2[C@@H]3C1OC(=O)[C@H](O)CC(=O)OC(C)C)OCO4. The number of aliphatic hydroxyl groups excluding tert-OH is 1. The highest BCUT2D eigenvalue weighted by Crippen LogP contribution is 2.55. The van der Waals surface area contributed by atoms with Gasteiger partial charge in [-0.05, 0) is 69.0 Å². The summed E-state index contributed by atoms with van der Waals surface area (Å²) in [5.41, 5.74) is 1.79. The smallest absolute Gasteiger partial charge is 0.336 e. The third-order valence-electron chi connectivity index (χ3n) is 7.21. The lowest BCUT2D eigenvalue weighted by atomic mass is 9.77. The number of benzene rings is 1. The molecule has 0 saturated carbocycles. The third kappa shape index (κ3) is 3.80. The van der Waals surface area contributed by atoms with Gasteiger partial charge >= 0.3 is 11.9 Å². The molecule has 1 N–H and O–H groups in total. The fourth-order valence-corrected chi connectivity index (χ4v) is 5.85. The zero-order valence-corrected chi connectivity index (χ0v) is 19.7. The fourth-order valence-electron chi connectivity index (χ4n) is 5.85. The summed E-state index contributed by atoms with van der Waals surface area (Å²) in [6.45, 7) is 5.39. The number of fused-ring (bicyclic) bond motifs is 3. The zero-order chi connectivity index (χ0) is 24.0. The Morgan fingerprint density at radius 2 is 2.00 bits per heavy atom. The van der Waals surface area contributed by atoms with Gasteiger partial charge < -0.3 is 28.8 Å². The molecule has 1 spiro atoms. The lowest BCUT2D eigenvalue weighted by molar-refractivity contribution is -0.166. The van der Waals surface area contributed by atoms with Crippen molar-refractivity contribution in [3.8, 4) is 11.5 Å². The van der Waals surface area contributed by atoms with E-state index < -0.39 is 30.6 Å². The Hall–Kier alpha value is -2.78. The maximum absolute atomic E-state index is 12.9. The summed E-state index contributed by atoms with van der Waals surface area (Å²) in [6, 6.07) is 4.02. The summed E-state index contributed by atoms with van der Waals surface area (Å²) in [5.74, 6) is 0.178. The van der Waals surface area contributed by atoms with E-state index in [0.717, 1.165) is 49.2 Å². The Kier molecular flexibility index (Phi) is 5.93. The minimum atomic E-state index is -1.62. The summed E-state index contributed by atoms with van der Waals surface area (Å²) >= 11 is 0. The van der Waals surface area contributed by atoms with Crippen molar-refractivity contribution in [3.05, 3.63) is 35.1 Å². The maximum Gasteiger partial charge on any atom is 0.336 e. The molecule has 4 atom stereocenters. The van der Waals surface area contributed by atoms with E-state index in [1.165, 1.54) is 0 Å². The van der Waals surface area contributed by atoms with Gasteiger partial charge in [-0.15, -0.1) is 0 Å². The normalized spacial score (nSPS) is 27.9. The molecule has 3 heterocycles. The van der Waals surface area contributed by atoms with E-state index in [1.807, 2.05) is 12.1 Å². The molecule has 9 heteroatoms. The van der Waals surface area contributed by atoms with Gasteiger partial charge in [0, 0.05) is 6.54 Å². The van der Waals surface area contributed by atoms with Crippen LogP contribution < -0.4 is 9.47 Å². The number of rotatable bonds is 6. The molecule has 0 bridgehead atoms. The first kappa shape index (κ1) is 23.0. The van der Waals surface area contributed by atoms with Gasteiger partial charge in [0.2, 0.25) is 6.79 Å². The summed E-state index contributed by atoms with van der Waals surface area (Å²) < 4.78 is 27.9. The number of hydrogen-bond acceptors (Lipinski definition) is 9. The van der Waals surface area contributed by atoms with Gasteiger partial charge in [-0.25, -0.2) is 4.79 Å². The molecule has 3 aliphatic heterocycles. The Morgan fingerprint density at radius 3 is 2.74 bits per heavy atom. The predicted molar refractivity (Wildman–Crippen MR) is 119 cm³/mol. The van der Waals surface area contributed by atoms with E-state index >= 15 is 0 Å². The van der Waals surface area contributed by atoms with Crippen molar-refractivity contribution < 1.29 is 38.4 Å². The van der Waals surface area contributed by atoms with Gasteiger partial charge in [-0.3, -0.25) is 9.69 Å². The quantitative estimate of drug-likeness (QED) is 0.622. The van der Waals surface area contributed by atoms with Crippen LogP contribution >= 0.6 is 0 Å². The Morgan fingerprint density at radius 1 is 1.24 bits per heavy atom. The van der Waals surface area contributed by atoms with Crippen LogP contribution in [0.4, 0.5) is 0 Å². The first-order valence-corrected chi connectivity index (χ1v) is 11.8. The second kappa shape index (κ2) is 8.78. The Balaban J connectivity index is 1.48. The van der Waals surface area contributed by atoms with Crippen molar-refractivity contribution in [2.24, 2.45) is 0 Å². The average molecular weight is 474 g/mol. The molecular weight excluding hydrogens is 442 g/mol. The van der Waals surface area contributed by atoms with Crippen LogP contribution in [0.5, 0.6) is 11.5 Å². The van der Waals surface area contributed by atoms with Crippen molar-refractivity contribution in [2.75, 3.05) is 27.0 Å². The summed E-state index contributed by atoms with van der Waals surface area (Å²) in [5, 5.41) is 10.4. The minimum Gasteiger partial charge on any atom is -0.497 e. The van der Waals surface area contributed by atoms with Crippen LogP contribution in [0, 0.1) is 0 Å². The van der Waals surface area contributed by atoms with Crippen LogP contribution in [0.15, 0.2) is 24.0 Å². The summed E-state index contributed by atoms with van der Waals surface area (Å²) in [4.78, 5) is 27.3. The molecular formula is C25H31NO8. The van der Waals surface area contributed by atoms with E-state index in [2.05, 4.69) is 11.0 Å². The summed E-state index contributed by atoms with van der Waals surface area (Å²) in [6.07, 6.45) is 1.68. The number of hydrogen-bond donors (Lipinski definition) is 1. The standard InChI is InChI=1S/C25H31NO8/c1-14(2)33-21(28)11-17(27)24(29)34-23-20(30-3)12-25-6-4-7-26(25)8-5-15-9-18-19(32-13-31-18)10-16(15)22(23)25/h9-10,12,14,17,22-23,27H,4-8,11,13H2,1-3H3/t17-,22-,23?,25?/m1/s1. The molecule has 0 aromatic heterocycles. The monoisotopic (exact) mass is 473 g/mol. The average Bonchev–Trinajstić information content (AvgIpc) is 3.46. The van der Waals surface area contributed by atoms with Crippen molar-refractivity contribution in [3.63, 3.8) is 0 Å². The number of esters is 2. The fraction of sp³-hybridized carbons (Fsp3) is 0.600. The molecule has 0 radical (unpaired) electrons. The van der Waals surface area contributed by atoms with Crippen LogP contribution in [0.1, 0.15) is 50.2 Å². The van der Waals surface area contributed by atoms with Gasteiger partial charge in [0.1, 0.15) is 5.76 Å². The first-order chi connectivity index (χ1) is 16.3. The first-order valence-electron chi connectivity index (χ1n) is 11.8. The molecule has 1 aromatic carbocycles. The van der Waals surface area contributed by atoms with Gasteiger partial charge in [-0.1, -0.05) is 0 Å². The van der Waals surface area contributed by atoms with E-state index in [9.17, 15) is 14.7 Å². The van der Waals surface area contributed by atoms with E-state index in [0.29, 0.717) is 11.5 Å². The number of carbonyl (C=O) groups excluding carboxylic acids is 2. The highest BCUT2D eigenvalue weighted by molar-refractivity contribution is 5.82. The number of aliphatic hydroxyl groups is 1. The van der Waals surface area contributed by atoms with E-state index in [4.69, 9.17) is 23.7 Å². The van der Waals surface area contributed by atoms with Crippen molar-refractivity contribution >= 4 is 11.9 Å². The van der Waals surface area contributed by atoms with Gasteiger partial charge in [0.05, 0.1) is 31.1 Å². The number of carbonyl (C=O) groups is 2. The highest BCUT2D eigenvalue weighted by Gasteiger charge is 2.58. The van der Waals surface area contributed by atoms with Crippen LogP contribution in [-0.2, 0) is 30.2 Å². The van der Waals surface area contributed by atoms with Crippen LogP contribution in [-0.4, -0.2) is 72.8 Å². The molecule has 9 nitrogen and oxygen atoms in total. The largest absolute Gasteiger partial charge is 0.497 e. The molecule has 1 saturated heterocycles. The molecule has 184 valence electrons. The van der Waals surface area contributed by atoms with Crippen molar-refractivity contribution in [1.82, 2.24) is 4.90 Å². The molecule has 2 unspecified atom stereocenters. The van der Waals surface area contributed by atoms with Gasteiger partial charge in [-0.2, -0.15) is 0 Å². The third-order valence-corrected chi connectivity index (χ3v) is 7.21. The lowest BCUT2D eigenvalue weighted by Crippen LogP contribution is -2.47. The van der Waals surface area contributed by atoms with E-state index in [-0.39, 0.29) is 24.4 Å². The number of ether oxygens (including phenoxy) is 5. The Labute approximate surface area is 198 Å². The van der Waals surface area contributed by atoms with Gasteiger partial charge in [0.25, 0.3) is 0 Å².